The van der Waals surface area contributed by atoms with Gasteiger partial charge in [-0.3, -0.25) is 4.90 Å². The molecule has 2 nitrogen and oxygen atoms in total. The Kier molecular flexibility index (Phi) is 4.80. The van der Waals surface area contributed by atoms with E-state index in [9.17, 15) is 0 Å². The van der Waals surface area contributed by atoms with Crippen molar-refractivity contribution in [1.29, 1.82) is 0 Å². The molecule has 0 atom stereocenters. The van der Waals surface area contributed by atoms with Crippen LogP contribution in [0.15, 0.2) is 40.2 Å². The van der Waals surface area contributed by atoms with Gasteiger partial charge in [-0.2, -0.15) is 0 Å². The third-order valence-corrected chi connectivity index (χ3v) is 4.87. The van der Waals surface area contributed by atoms with E-state index in [2.05, 4.69) is 45.3 Å². The van der Waals surface area contributed by atoms with Crippen molar-refractivity contribution >= 4 is 33.0 Å². The van der Waals surface area contributed by atoms with Gasteiger partial charge in [-0.15, -0.1) is 11.3 Å². The van der Waals surface area contributed by atoms with Gasteiger partial charge in [-0.25, -0.2) is 0 Å². The van der Waals surface area contributed by atoms with Gasteiger partial charge >= 0.3 is 0 Å². The van der Waals surface area contributed by atoms with Crippen molar-refractivity contribution in [1.82, 2.24) is 4.90 Å². The molecule has 0 fully saturated rings. The van der Waals surface area contributed by atoms with Crippen LogP contribution in [-0.2, 0) is 13.1 Å². The van der Waals surface area contributed by atoms with Gasteiger partial charge in [0.2, 0.25) is 0 Å². The average Bonchev–Trinajstić information content (AvgIpc) is 2.77. The summed E-state index contributed by atoms with van der Waals surface area (Å²) in [5.74, 6) is 0. The Labute approximate surface area is 121 Å². The number of nitrogens with zero attached hydrogens (tertiary/aromatic N) is 1. The fourth-order valence-electron chi connectivity index (χ4n) is 1.84. The lowest BCUT2D eigenvalue weighted by molar-refractivity contribution is 0.274. The normalized spacial score (nSPS) is 11.1. The van der Waals surface area contributed by atoms with Gasteiger partial charge in [0.15, 0.2) is 0 Å². The third-order valence-electron chi connectivity index (χ3n) is 2.95. The number of hydrogen-bond acceptors (Lipinski definition) is 3. The minimum Gasteiger partial charge on any atom is -0.398 e. The molecule has 0 spiro atoms. The summed E-state index contributed by atoms with van der Waals surface area (Å²) in [7, 11) is 0. The number of nitrogen functional groups attached to an aromatic ring is 1. The minimum absolute atomic E-state index is 0.876. The van der Waals surface area contributed by atoms with Crippen LogP contribution in [0.4, 0.5) is 5.69 Å². The Morgan fingerprint density at radius 1 is 1.22 bits per heavy atom. The van der Waals surface area contributed by atoms with Crippen molar-refractivity contribution in [3.63, 3.8) is 0 Å². The van der Waals surface area contributed by atoms with Crippen molar-refractivity contribution < 1.29 is 0 Å². The van der Waals surface area contributed by atoms with Crippen molar-refractivity contribution in [3.05, 3.63) is 50.6 Å². The maximum absolute atomic E-state index is 5.99. The number of thiophene rings is 1. The molecule has 1 aromatic carbocycles. The Morgan fingerprint density at radius 2 is 2.00 bits per heavy atom. The first-order chi connectivity index (χ1) is 8.70. The molecule has 2 rings (SSSR count). The third kappa shape index (κ3) is 3.34. The van der Waals surface area contributed by atoms with Gasteiger partial charge in [0.05, 0.1) is 0 Å². The summed E-state index contributed by atoms with van der Waals surface area (Å²) in [5.41, 5.74) is 8.07. The first-order valence-electron chi connectivity index (χ1n) is 5.98. The zero-order valence-corrected chi connectivity index (χ0v) is 12.8. The molecule has 0 aliphatic heterocycles. The highest BCUT2D eigenvalue weighted by Crippen LogP contribution is 2.25. The van der Waals surface area contributed by atoms with Gasteiger partial charge < -0.3 is 5.73 Å². The number of para-hydroxylation sites is 1. The summed E-state index contributed by atoms with van der Waals surface area (Å²) >= 11 is 5.37. The molecule has 0 radical (unpaired) electrons. The lowest BCUT2D eigenvalue weighted by atomic mass is 10.1. The number of anilines is 1. The fourth-order valence-corrected chi connectivity index (χ4v) is 3.36. The largest absolute Gasteiger partial charge is 0.398 e. The summed E-state index contributed by atoms with van der Waals surface area (Å²) in [6.45, 7) is 5.05. The smallest absolute Gasteiger partial charge is 0.0359 e. The summed E-state index contributed by atoms with van der Waals surface area (Å²) in [5, 5.41) is 2.12. The number of hydrogen-bond donors (Lipinski definition) is 1. The first kappa shape index (κ1) is 13.6. The Balaban J connectivity index is 2.06. The monoisotopic (exact) mass is 324 g/mol. The molecule has 2 N–H and O–H groups in total. The molecule has 0 aliphatic carbocycles. The lowest BCUT2D eigenvalue weighted by Crippen LogP contribution is -2.22. The second kappa shape index (κ2) is 6.36. The van der Waals surface area contributed by atoms with E-state index in [0.717, 1.165) is 25.3 Å². The molecular weight excluding hydrogens is 308 g/mol. The second-order valence-corrected chi connectivity index (χ2v) is 6.05. The van der Waals surface area contributed by atoms with Crippen molar-refractivity contribution in [2.45, 2.75) is 20.0 Å². The molecule has 4 heteroatoms. The van der Waals surface area contributed by atoms with Crippen LogP contribution in [0.5, 0.6) is 0 Å². The van der Waals surface area contributed by atoms with Crippen molar-refractivity contribution in [3.8, 4) is 0 Å². The lowest BCUT2D eigenvalue weighted by Gasteiger charge is -2.20. The summed E-state index contributed by atoms with van der Waals surface area (Å²) < 4.78 is 1.20. The molecule has 0 saturated carbocycles. The van der Waals surface area contributed by atoms with Gasteiger partial charge in [0, 0.05) is 28.1 Å². The van der Waals surface area contributed by atoms with Crippen LogP contribution >= 0.6 is 27.3 Å². The molecular formula is C14H17BrN2S. The highest BCUT2D eigenvalue weighted by molar-refractivity contribution is 9.10. The van der Waals surface area contributed by atoms with Crippen molar-refractivity contribution in [2.75, 3.05) is 12.3 Å². The highest BCUT2D eigenvalue weighted by atomic mass is 79.9. The number of benzene rings is 1. The standard InChI is InChI=1S/C14H17BrN2S/c1-2-17(10-14-12(15)7-8-18-14)9-11-5-3-4-6-13(11)16/h3-8H,2,9-10,16H2,1H3. The number of rotatable bonds is 5. The van der Waals surface area contributed by atoms with Crippen LogP contribution in [0, 0.1) is 0 Å². The van der Waals surface area contributed by atoms with Crippen LogP contribution in [-0.4, -0.2) is 11.4 Å². The topological polar surface area (TPSA) is 29.3 Å². The number of nitrogens with two attached hydrogens (primary N) is 1. The molecule has 2 aromatic rings. The molecule has 0 aliphatic rings. The van der Waals surface area contributed by atoms with Crippen molar-refractivity contribution in [2.24, 2.45) is 0 Å². The summed E-state index contributed by atoms with van der Waals surface area (Å²) in [6, 6.07) is 10.2. The second-order valence-electron chi connectivity index (χ2n) is 4.19. The van der Waals surface area contributed by atoms with Gasteiger partial charge in [0.1, 0.15) is 0 Å². The average molecular weight is 325 g/mol. The van der Waals surface area contributed by atoms with E-state index < -0.39 is 0 Å². The molecule has 1 aromatic heterocycles. The van der Waals surface area contributed by atoms with E-state index in [1.165, 1.54) is 14.9 Å². The van der Waals surface area contributed by atoms with Gasteiger partial charge in [0.25, 0.3) is 0 Å². The predicted octanol–water partition coefficient (Wildman–Crippen LogP) is 4.11. The van der Waals surface area contributed by atoms with E-state index in [0.29, 0.717) is 0 Å². The minimum atomic E-state index is 0.876. The van der Waals surface area contributed by atoms with Crippen LogP contribution in [0.1, 0.15) is 17.4 Å². The maximum Gasteiger partial charge on any atom is 0.0359 e. The molecule has 0 amide bonds. The predicted molar refractivity (Wildman–Crippen MR) is 82.7 cm³/mol. The molecule has 0 unspecified atom stereocenters. The Bertz CT molecular complexity index is 510. The van der Waals surface area contributed by atoms with Crippen LogP contribution < -0.4 is 5.73 Å². The molecule has 0 bridgehead atoms. The van der Waals surface area contributed by atoms with Crippen LogP contribution in [0.25, 0.3) is 0 Å². The van der Waals surface area contributed by atoms with Gasteiger partial charge in [-0.1, -0.05) is 25.1 Å². The highest BCUT2D eigenvalue weighted by Gasteiger charge is 2.09. The fraction of sp³-hybridized carbons (Fsp3) is 0.286. The van der Waals surface area contributed by atoms with Gasteiger partial charge in [-0.05, 0) is 45.6 Å². The van der Waals surface area contributed by atoms with Crippen LogP contribution in [0.2, 0.25) is 0 Å². The van der Waals surface area contributed by atoms with E-state index in [-0.39, 0.29) is 0 Å². The first-order valence-corrected chi connectivity index (χ1v) is 7.65. The number of halogens is 1. The Hall–Kier alpha value is -0.840. The zero-order chi connectivity index (χ0) is 13.0. The quantitative estimate of drug-likeness (QED) is 0.838. The molecule has 18 heavy (non-hydrogen) atoms. The maximum atomic E-state index is 5.99. The van der Waals surface area contributed by atoms with E-state index >= 15 is 0 Å². The van der Waals surface area contributed by atoms with E-state index in [1.807, 2.05) is 18.2 Å². The van der Waals surface area contributed by atoms with E-state index in [4.69, 9.17) is 5.73 Å². The Morgan fingerprint density at radius 3 is 2.61 bits per heavy atom. The molecule has 0 saturated heterocycles. The van der Waals surface area contributed by atoms with E-state index in [1.54, 1.807) is 11.3 Å². The SMILES string of the molecule is CCN(Cc1ccccc1N)Cc1sccc1Br. The van der Waals surface area contributed by atoms with Crippen LogP contribution in [0.3, 0.4) is 0 Å². The summed E-state index contributed by atoms with van der Waals surface area (Å²) in [6.07, 6.45) is 0. The summed E-state index contributed by atoms with van der Waals surface area (Å²) in [4.78, 5) is 3.76. The zero-order valence-electron chi connectivity index (χ0n) is 10.4. The molecule has 96 valence electrons. The molecule has 1 heterocycles.